The van der Waals surface area contributed by atoms with Crippen LogP contribution in [-0.2, 0) is 0 Å². The van der Waals surface area contributed by atoms with Gasteiger partial charge in [-0.1, -0.05) is 34.1 Å². The van der Waals surface area contributed by atoms with Crippen LogP contribution in [0.2, 0.25) is 0 Å². The van der Waals surface area contributed by atoms with Crippen molar-refractivity contribution in [2.24, 2.45) is 5.41 Å². The minimum absolute atomic E-state index is 0.550. The van der Waals surface area contributed by atoms with Gasteiger partial charge in [-0.05, 0) is 11.8 Å². The zero-order valence-corrected chi connectivity index (χ0v) is 7.46. The summed E-state index contributed by atoms with van der Waals surface area (Å²) in [6, 6.07) is 0. The van der Waals surface area contributed by atoms with Gasteiger partial charge >= 0.3 is 0 Å². The summed E-state index contributed by atoms with van der Waals surface area (Å²) in [6.45, 7) is 9.05. The fraction of sp³-hybridized carbons (Fsp3) is 1.00. The first-order chi connectivity index (χ1) is 4.06. The van der Waals surface area contributed by atoms with Crippen LogP contribution < -0.4 is 4.66 Å². The molecule has 0 spiro atoms. The van der Waals surface area contributed by atoms with Crippen LogP contribution in [0.15, 0.2) is 0 Å². The summed E-state index contributed by atoms with van der Waals surface area (Å²) >= 11 is 3.39. The van der Waals surface area contributed by atoms with E-state index < -0.39 is 0 Å². The summed E-state index contributed by atoms with van der Waals surface area (Å²) in [5, 5.41) is 0. The van der Waals surface area contributed by atoms with Gasteiger partial charge in [-0.2, -0.15) is 0 Å². The van der Waals surface area contributed by atoms with Gasteiger partial charge in [-0.3, -0.25) is 0 Å². The molecule has 0 radical (unpaired) electrons. The highest BCUT2D eigenvalue weighted by Crippen LogP contribution is 2.19. The Bertz CT molecular complexity index is 47.4. The van der Waals surface area contributed by atoms with Crippen LogP contribution in [0.4, 0.5) is 0 Å². The molecule has 0 heterocycles. The van der Waals surface area contributed by atoms with E-state index >= 15 is 0 Å². The summed E-state index contributed by atoms with van der Waals surface area (Å²) in [4.78, 5) is 0. The van der Waals surface area contributed by atoms with Crippen molar-refractivity contribution < 1.29 is 4.66 Å². The van der Waals surface area contributed by atoms with Gasteiger partial charge in [0, 0.05) is 0 Å². The molecule has 0 aliphatic heterocycles. The first kappa shape index (κ1) is 12.0. The molecule has 58 valence electrons. The minimum Gasteiger partial charge on any atom is -0.769 e. The highest BCUT2D eigenvalue weighted by atomic mass is 35.5. The van der Waals surface area contributed by atoms with Gasteiger partial charge in [-0.15, -0.1) is 0 Å². The standard InChI is InChI=1S/C7H16.ClO/c1-5-6-7(2,3)4;1-2/h5-6H2,1-4H3;/q;-1. The van der Waals surface area contributed by atoms with Crippen molar-refractivity contribution in [2.45, 2.75) is 40.5 Å². The molecule has 0 aromatic carbocycles. The molecule has 0 rings (SSSR count). The summed E-state index contributed by atoms with van der Waals surface area (Å²) in [5.41, 5.74) is 0.550. The molecule has 0 fully saturated rings. The number of halogens is 1. The van der Waals surface area contributed by atoms with Crippen LogP contribution in [0.1, 0.15) is 40.5 Å². The molecule has 0 saturated heterocycles. The van der Waals surface area contributed by atoms with E-state index in [-0.39, 0.29) is 0 Å². The van der Waals surface area contributed by atoms with Gasteiger partial charge < -0.3 is 4.66 Å². The average Bonchev–Trinajstić information content (AvgIpc) is 1.69. The van der Waals surface area contributed by atoms with E-state index in [0.717, 1.165) is 0 Å². The molecule has 9 heavy (non-hydrogen) atoms. The molecule has 0 aromatic rings. The van der Waals surface area contributed by atoms with Crippen LogP contribution in [-0.4, -0.2) is 0 Å². The Kier molecular flexibility index (Phi) is 8.48. The van der Waals surface area contributed by atoms with Gasteiger partial charge in [0.05, 0.1) is 0 Å². The maximum Gasteiger partial charge on any atom is -0.0383 e. The van der Waals surface area contributed by atoms with Crippen molar-refractivity contribution in [3.63, 3.8) is 0 Å². The third-order valence-electron chi connectivity index (χ3n) is 1.000. The van der Waals surface area contributed by atoms with Crippen molar-refractivity contribution >= 4 is 11.9 Å². The third kappa shape index (κ3) is 17.8. The number of rotatable bonds is 1. The van der Waals surface area contributed by atoms with Crippen molar-refractivity contribution in [3.05, 3.63) is 0 Å². The molecule has 0 unspecified atom stereocenters. The van der Waals surface area contributed by atoms with E-state index in [0.29, 0.717) is 5.41 Å². The predicted octanol–water partition coefficient (Wildman–Crippen LogP) is 2.33. The molecule has 0 N–H and O–H groups in total. The zero-order valence-electron chi connectivity index (χ0n) is 6.70. The predicted molar refractivity (Wildman–Crippen MR) is 40.2 cm³/mol. The molecule has 0 bridgehead atoms. The Morgan fingerprint density at radius 1 is 1.22 bits per heavy atom. The van der Waals surface area contributed by atoms with Crippen LogP contribution in [0.3, 0.4) is 0 Å². The smallest absolute Gasteiger partial charge is 0.0383 e. The van der Waals surface area contributed by atoms with Crippen molar-refractivity contribution in [1.82, 2.24) is 0 Å². The second-order valence-electron chi connectivity index (χ2n) is 3.31. The Hall–Kier alpha value is 0.250. The topological polar surface area (TPSA) is 23.1 Å². The lowest BCUT2D eigenvalue weighted by atomic mass is 9.91. The fourth-order valence-corrected chi connectivity index (χ4v) is 0.750. The number of hydrogen-bond acceptors (Lipinski definition) is 1. The van der Waals surface area contributed by atoms with Gasteiger partial charge in [0.2, 0.25) is 0 Å². The van der Waals surface area contributed by atoms with E-state index in [2.05, 4.69) is 39.6 Å². The van der Waals surface area contributed by atoms with E-state index in [1.165, 1.54) is 12.8 Å². The van der Waals surface area contributed by atoms with Crippen molar-refractivity contribution in [3.8, 4) is 0 Å². The maximum absolute atomic E-state index is 7.72. The molecule has 0 aromatic heterocycles. The third-order valence-corrected chi connectivity index (χ3v) is 1.000. The molecular weight excluding hydrogens is 136 g/mol. The monoisotopic (exact) mass is 151 g/mol. The van der Waals surface area contributed by atoms with E-state index in [9.17, 15) is 0 Å². The van der Waals surface area contributed by atoms with Gasteiger partial charge in [-0.25, -0.2) is 11.9 Å². The second-order valence-corrected chi connectivity index (χ2v) is 3.31. The van der Waals surface area contributed by atoms with Gasteiger partial charge in [0.15, 0.2) is 0 Å². The Morgan fingerprint density at radius 2 is 1.56 bits per heavy atom. The molecule has 2 heteroatoms. The van der Waals surface area contributed by atoms with Crippen LogP contribution in [0.25, 0.3) is 0 Å². The SMILES string of the molecule is CCCC(C)(C)C.[O-]Cl. The highest BCUT2D eigenvalue weighted by molar-refractivity contribution is 6.02. The normalized spacial score (nSPS) is 10.0. The molecule has 0 atom stereocenters. The molecule has 1 nitrogen and oxygen atoms in total. The Labute approximate surface area is 63.2 Å². The summed E-state index contributed by atoms with van der Waals surface area (Å²) in [7, 11) is 0. The van der Waals surface area contributed by atoms with Crippen LogP contribution in [0, 0.1) is 5.41 Å². The summed E-state index contributed by atoms with van der Waals surface area (Å²) in [5.74, 6) is 0. The van der Waals surface area contributed by atoms with Gasteiger partial charge in [0.25, 0.3) is 0 Å². The molecule has 0 saturated carbocycles. The Balaban J connectivity index is 0. The number of hydrogen-bond donors (Lipinski definition) is 0. The summed E-state index contributed by atoms with van der Waals surface area (Å²) < 4.78 is 7.72. The fourth-order valence-electron chi connectivity index (χ4n) is 0.750. The lowest BCUT2D eigenvalue weighted by Crippen LogP contribution is -2.02. The largest absolute Gasteiger partial charge is 0.769 e. The van der Waals surface area contributed by atoms with E-state index in [1.807, 2.05) is 0 Å². The lowest BCUT2D eigenvalue weighted by molar-refractivity contribution is -0.166. The average molecular weight is 152 g/mol. The lowest BCUT2D eigenvalue weighted by Gasteiger charge is -2.15. The zero-order chi connectivity index (χ0) is 7.91. The summed E-state index contributed by atoms with van der Waals surface area (Å²) in [6.07, 6.45) is 2.65. The van der Waals surface area contributed by atoms with E-state index in [1.54, 1.807) is 0 Å². The van der Waals surface area contributed by atoms with Gasteiger partial charge in [0.1, 0.15) is 0 Å². The molecule has 0 aliphatic carbocycles. The van der Waals surface area contributed by atoms with Crippen LogP contribution >= 0.6 is 11.9 Å². The maximum atomic E-state index is 7.72. The second kappa shape index (κ2) is 6.37. The van der Waals surface area contributed by atoms with Crippen molar-refractivity contribution in [2.75, 3.05) is 0 Å². The first-order valence-electron chi connectivity index (χ1n) is 3.21. The Morgan fingerprint density at radius 3 is 1.56 bits per heavy atom. The van der Waals surface area contributed by atoms with Crippen LogP contribution in [0.5, 0.6) is 0 Å². The molecule has 0 amide bonds. The molecular formula is C7H16ClO-. The minimum atomic E-state index is 0.550. The van der Waals surface area contributed by atoms with Crippen molar-refractivity contribution in [1.29, 1.82) is 0 Å². The first-order valence-corrected chi connectivity index (χ1v) is 3.52. The quantitative estimate of drug-likeness (QED) is 0.564. The molecule has 0 aliphatic rings. The van der Waals surface area contributed by atoms with E-state index in [4.69, 9.17) is 4.66 Å². The highest BCUT2D eigenvalue weighted by Gasteiger charge is 2.06.